The van der Waals surface area contributed by atoms with Gasteiger partial charge < -0.3 is 20.5 Å². The molecule has 1 aromatic rings. The SMILES string of the molecule is COCNC(=O)Nc1ccc(C)cc1O. The highest BCUT2D eigenvalue weighted by molar-refractivity contribution is 5.90. The minimum Gasteiger partial charge on any atom is -0.506 e. The lowest BCUT2D eigenvalue weighted by atomic mass is 10.2. The summed E-state index contributed by atoms with van der Waals surface area (Å²) in [5.74, 6) is 0.0440. The number of methoxy groups -OCH3 is 1. The Morgan fingerprint density at radius 3 is 2.87 bits per heavy atom. The van der Waals surface area contributed by atoms with Crippen molar-refractivity contribution in [3.8, 4) is 5.75 Å². The van der Waals surface area contributed by atoms with Crippen molar-refractivity contribution in [2.24, 2.45) is 0 Å². The van der Waals surface area contributed by atoms with Crippen molar-refractivity contribution in [3.05, 3.63) is 23.8 Å². The average Bonchev–Trinajstić information content (AvgIpc) is 2.19. The molecule has 0 saturated carbocycles. The molecule has 0 spiro atoms. The summed E-state index contributed by atoms with van der Waals surface area (Å²) in [7, 11) is 1.48. The van der Waals surface area contributed by atoms with E-state index < -0.39 is 6.03 Å². The van der Waals surface area contributed by atoms with Crippen LogP contribution in [0.1, 0.15) is 5.56 Å². The topological polar surface area (TPSA) is 70.6 Å². The van der Waals surface area contributed by atoms with E-state index in [-0.39, 0.29) is 12.5 Å². The molecule has 0 aliphatic rings. The number of phenolic OH excluding ortho intramolecular Hbond substituents is 1. The molecule has 0 aliphatic heterocycles. The molecule has 1 aromatic carbocycles. The van der Waals surface area contributed by atoms with E-state index in [9.17, 15) is 9.90 Å². The number of hydrogen-bond acceptors (Lipinski definition) is 3. The zero-order chi connectivity index (χ0) is 11.3. The fourth-order valence-electron chi connectivity index (χ4n) is 1.05. The lowest BCUT2D eigenvalue weighted by molar-refractivity contribution is 0.177. The Morgan fingerprint density at radius 1 is 1.53 bits per heavy atom. The largest absolute Gasteiger partial charge is 0.506 e. The van der Waals surface area contributed by atoms with Crippen molar-refractivity contribution in [1.29, 1.82) is 0 Å². The molecule has 0 heterocycles. The molecule has 0 fully saturated rings. The first-order valence-electron chi connectivity index (χ1n) is 4.47. The summed E-state index contributed by atoms with van der Waals surface area (Å²) in [6.45, 7) is 1.98. The number of urea groups is 1. The smallest absolute Gasteiger partial charge is 0.321 e. The second-order valence-corrected chi connectivity index (χ2v) is 3.08. The number of rotatable bonds is 3. The third-order valence-corrected chi connectivity index (χ3v) is 1.78. The van der Waals surface area contributed by atoms with E-state index in [1.807, 2.05) is 6.92 Å². The lowest BCUT2D eigenvalue weighted by Gasteiger charge is -2.08. The van der Waals surface area contributed by atoms with E-state index in [2.05, 4.69) is 15.4 Å². The van der Waals surface area contributed by atoms with Gasteiger partial charge in [0.05, 0.1) is 5.69 Å². The van der Waals surface area contributed by atoms with Gasteiger partial charge in [0.25, 0.3) is 0 Å². The monoisotopic (exact) mass is 210 g/mol. The van der Waals surface area contributed by atoms with Crippen molar-refractivity contribution < 1.29 is 14.6 Å². The molecule has 5 nitrogen and oxygen atoms in total. The third kappa shape index (κ3) is 3.47. The second-order valence-electron chi connectivity index (χ2n) is 3.08. The Morgan fingerprint density at radius 2 is 2.27 bits per heavy atom. The number of anilines is 1. The normalized spacial score (nSPS) is 9.73. The molecule has 0 radical (unpaired) electrons. The van der Waals surface area contributed by atoms with Gasteiger partial charge in [0, 0.05) is 7.11 Å². The highest BCUT2D eigenvalue weighted by Gasteiger charge is 2.04. The van der Waals surface area contributed by atoms with Crippen LogP contribution < -0.4 is 10.6 Å². The summed E-state index contributed by atoms with van der Waals surface area (Å²) < 4.78 is 4.67. The van der Waals surface area contributed by atoms with Gasteiger partial charge in [-0.05, 0) is 24.6 Å². The van der Waals surface area contributed by atoms with Gasteiger partial charge in [-0.25, -0.2) is 4.79 Å². The first kappa shape index (κ1) is 11.3. The van der Waals surface area contributed by atoms with Crippen molar-refractivity contribution in [1.82, 2.24) is 5.32 Å². The molecule has 0 aromatic heterocycles. The van der Waals surface area contributed by atoms with E-state index in [4.69, 9.17) is 0 Å². The van der Waals surface area contributed by atoms with Gasteiger partial charge in [0.2, 0.25) is 0 Å². The summed E-state index contributed by atoms with van der Waals surface area (Å²) in [5, 5.41) is 14.4. The van der Waals surface area contributed by atoms with E-state index in [0.717, 1.165) is 5.56 Å². The molecule has 0 unspecified atom stereocenters. The lowest BCUT2D eigenvalue weighted by Crippen LogP contribution is -2.30. The Hall–Kier alpha value is -1.75. The minimum atomic E-state index is -0.420. The summed E-state index contributed by atoms with van der Waals surface area (Å²) in [5.41, 5.74) is 1.30. The quantitative estimate of drug-likeness (QED) is 0.522. The van der Waals surface area contributed by atoms with E-state index >= 15 is 0 Å². The fraction of sp³-hybridized carbons (Fsp3) is 0.300. The zero-order valence-electron chi connectivity index (χ0n) is 8.70. The number of phenols is 1. The summed E-state index contributed by atoms with van der Waals surface area (Å²) >= 11 is 0. The Labute approximate surface area is 88.1 Å². The average molecular weight is 210 g/mol. The van der Waals surface area contributed by atoms with Crippen LogP contribution in [0.4, 0.5) is 10.5 Å². The van der Waals surface area contributed by atoms with E-state index in [1.54, 1.807) is 18.2 Å². The minimum absolute atomic E-state index is 0.0440. The molecule has 0 atom stereocenters. The first-order valence-corrected chi connectivity index (χ1v) is 4.47. The fourth-order valence-corrected chi connectivity index (χ4v) is 1.05. The standard InChI is InChI=1S/C10H14N2O3/c1-7-3-4-8(9(13)5-7)12-10(14)11-6-15-2/h3-5,13H,6H2,1-2H3,(H2,11,12,14). The molecule has 82 valence electrons. The summed E-state index contributed by atoms with van der Waals surface area (Å²) in [4.78, 5) is 11.2. The van der Waals surface area contributed by atoms with Crippen LogP contribution in [-0.4, -0.2) is 25.0 Å². The highest BCUT2D eigenvalue weighted by Crippen LogP contribution is 2.23. The predicted octanol–water partition coefficient (Wildman–Crippen LogP) is 1.43. The molecule has 15 heavy (non-hydrogen) atoms. The van der Waals surface area contributed by atoms with Gasteiger partial charge in [-0.1, -0.05) is 6.07 Å². The Bertz CT molecular complexity index is 353. The molecule has 0 bridgehead atoms. The van der Waals surface area contributed by atoms with Crippen molar-refractivity contribution in [2.75, 3.05) is 19.2 Å². The molecular weight excluding hydrogens is 196 g/mol. The zero-order valence-corrected chi connectivity index (χ0v) is 8.70. The van der Waals surface area contributed by atoms with Crippen LogP contribution in [0.15, 0.2) is 18.2 Å². The second kappa shape index (κ2) is 5.21. The van der Waals surface area contributed by atoms with Gasteiger partial charge in [-0.15, -0.1) is 0 Å². The number of hydrogen-bond donors (Lipinski definition) is 3. The van der Waals surface area contributed by atoms with Crippen LogP contribution in [0, 0.1) is 6.92 Å². The maximum absolute atomic E-state index is 11.2. The number of carbonyl (C=O) groups is 1. The van der Waals surface area contributed by atoms with Gasteiger partial charge in [-0.2, -0.15) is 0 Å². The maximum atomic E-state index is 11.2. The Balaban J connectivity index is 2.60. The predicted molar refractivity (Wildman–Crippen MR) is 56.9 cm³/mol. The van der Waals surface area contributed by atoms with Crippen LogP contribution in [0.25, 0.3) is 0 Å². The molecule has 3 N–H and O–H groups in total. The number of benzene rings is 1. The molecule has 0 aliphatic carbocycles. The summed E-state index contributed by atoms with van der Waals surface area (Å²) in [6.07, 6.45) is 0. The maximum Gasteiger partial charge on any atom is 0.321 e. The van der Waals surface area contributed by atoms with Crippen LogP contribution in [0.2, 0.25) is 0 Å². The first-order chi connectivity index (χ1) is 7.13. The highest BCUT2D eigenvalue weighted by atomic mass is 16.5. The van der Waals surface area contributed by atoms with Crippen LogP contribution in [0.5, 0.6) is 5.75 Å². The summed E-state index contributed by atoms with van der Waals surface area (Å²) in [6, 6.07) is 4.59. The molecular formula is C10H14N2O3. The molecule has 0 saturated heterocycles. The molecule has 5 heteroatoms. The number of carbonyl (C=O) groups excluding carboxylic acids is 1. The van der Waals surface area contributed by atoms with Crippen molar-refractivity contribution >= 4 is 11.7 Å². The van der Waals surface area contributed by atoms with Gasteiger partial charge in [0.15, 0.2) is 0 Å². The van der Waals surface area contributed by atoms with Crippen molar-refractivity contribution in [3.63, 3.8) is 0 Å². The number of aromatic hydroxyl groups is 1. The van der Waals surface area contributed by atoms with Crippen LogP contribution in [-0.2, 0) is 4.74 Å². The number of nitrogens with one attached hydrogen (secondary N) is 2. The van der Waals surface area contributed by atoms with Gasteiger partial charge >= 0.3 is 6.03 Å². The Kier molecular flexibility index (Phi) is 3.93. The number of ether oxygens (including phenoxy) is 1. The van der Waals surface area contributed by atoms with Gasteiger partial charge in [-0.3, -0.25) is 0 Å². The van der Waals surface area contributed by atoms with Gasteiger partial charge in [0.1, 0.15) is 12.5 Å². The van der Waals surface area contributed by atoms with Crippen LogP contribution in [0.3, 0.4) is 0 Å². The van der Waals surface area contributed by atoms with Crippen LogP contribution >= 0.6 is 0 Å². The number of amides is 2. The number of aryl methyl sites for hydroxylation is 1. The molecule has 1 rings (SSSR count). The van der Waals surface area contributed by atoms with E-state index in [0.29, 0.717) is 5.69 Å². The van der Waals surface area contributed by atoms with E-state index in [1.165, 1.54) is 7.11 Å². The molecule has 2 amide bonds. The third-order valence-electron chi connectivity index (χ3n) is 1.78. The van der Waals surface area contributed by atoms with Crippen molar-refractivity contribution in [2.45, 2.75) is 6.92 Å².